The summed E-state index contributed by atoms with van der Waals surface area (Å²) in [5.41, 5.74) is 0. The van der Waals surface area contributed by atoms with Crippen molar-refractivity contribution in [1.82, 2.24) is 4.90 Å². The molecule has 1 heterocycles. The first-order chi connectivity index (χ1) is 6.84. The quantitative estimate of drug-likeness (QED) is 0.524. The molecule has 0 aromatic carbocycles. The SMILES string of the molecule is O=C(CCCCCl)N1CCCCCC1. The number of halogens is 1. The van der Waals surface area contributed by atoms with E-state index < -0.39 is 0 Å². The van der Waals surface area contributed by atoms with Crippen molar-refractivity contribution in [2.24, 2.45) is 0 Å². The summed E-state index contributed by atoms with van der Waals surface area (Å²) in [6.45, 7) is 1.94. The van der Waals surface area contributed by atoms with Gasteiger partial charge in [-0.25, -0.2) is 0 Å². The molecule has 1 amide bonds. The van der Waals surface area contributed by atoms with E-state index in [9.17, 15) is 4.79 Å². The van der Waals surface area contributed by atoms with E-state index in [2.05, 4.69) is 0 Å². The van der Waals surface area contributed by atoms with Crippen LogP contribution in [0, 0.1) is 0 Å². The van der Waals surface area contributed by atoms with E-state index >= 15 is 0 Å². The van der Waals surface area contributed by atoms with Crippen molar-refractivity contribution in [1.29, 1.82) is 0 Å². The van der Waals surface area contributed by atoms with Gasteiger partial charge in [-0.2, -0.15) is 0 Å². The Morgan fingerprint density at radius 1 is 1.07 bits per heavy atom. The topological polar surface area (TPSA) is 20.3 Å². The Labute approximate surface area is 91.6 Å². The third-order valence-corrected chi connectivity index (χ3v) is 3.00. The monoisotopic (exact) mass is 217 g/mol. The Kier molecular flexibility index (Phi) is 6.00. The molecule has 0 aliphatic carbocycles. The van der Waals surface area contributed by atoms with E-state index in [-0.39, 0.29) is 0 Å². The van der Waals surface area contributed by atoms with Crippen molar-refractivity contribution in [3.8, 4) is 0 Å². The number of likely N-dealkylation sites (tertiary alicyclic amines) is 1. The van der Waals surface area contributed by atoms with E-state index in [0.29, 0.717) is 18.2 Å². The summed E-state index contributed by atoms with van der Waals surface area (Å²) in [5, 5.41) is 0. The molecule has 2 nitrogen and oxygen atoms in total. The summed E-state index contributed by atoms with van der Waals surface area (Å²) in [4.78, 5) is 13.7. The van der Waals surface area contributed by atoms with Crippen molar-refractivity contribution in [3.05, 3.63) is 0 Å². The number of rotatable bonds is 4. The molecule has 1 aliphatic rings. The van der Waals surface area contributed by atoms with E-state index in [4.69, 9.17) is 11.6 Å². The maximum atomic E-state index is 11.7. The minimum absolute atomic E-state index is 0.331. The van der Waals surface area contributed by atoms with E-state index in [1.54, 1.807) is 0 Å². The maximum Gasteiger partial charge on any atom is 0.222 e. The van der Waals surface area contributed by atoms with Crippen LogP contribution in [0.2, 0.25) is 0 Å². The van der Waals surface area contributed by atoms with Crippen LogP contribution < -0.4 is 0 Å². The number of unbranched alkanes of at least 4 members (excludes halogenated alkanes) is 1. The summed E-state index contributed by atoms with van der Waals surface area (Å²) in [6.07, 6.45) is 7.52. The Morgan fingerprint density at radius 2 is 1.71 bits per heavy atom. The fraction of sp³-hybridized carbons (Fsp3) is 0.909. The third-order valence-electron chi connectivity index (χ3n) is 2.73. The molecule has 82 valence electrons. The lowest BCUT2D eigenvalue weighted by molar-refractivity contribution is -0.131. The Morgan fingerprint density at radius 3 is 2.29 bits per heavy atom. The Balaban J connectivity index is 2.20. The lowest BCUT2D eigenvalue weighted by Crippen LogP contribution is -2.31. The predicted octanol–water partition coefficient (Wildman–Crippen LogP) is 2.80. The van der Waals surface area contributed by atoms with Gasteiger partial charge in [-0.15, -0.1) is 11.6 Å². The molecule has 0 bridgehead atoms. The van der Waals surface area contributed by atoms with Gasteiger partial charge >= 0.3 is 0 Å². The van der Waals surface area contributed by atoms with Crippen LogP contribution in [0.15, 0.2) is 0 Å². The van der Waals surface area contributed by atoms with Crippen LogP contribution in [-0.4, -0.2) is 29.8 Å². The van der Waals surface area contributed by atoms with Crippen LogP contribution >= 0.6 is 11.6 Å². The summed E-state index contributed by atoms with van der Waals surface area (Å²) in [6, 6.07) is 0. The molecule has 1 rings (SSSR count). The van der Waals surface area contributed by atoms with Crippen LogP contribution in [0.5, 0.6) is 0 Å². The molecule has 14 heavy (non-hydrogen) atoms. The zero-order valence-electron chi connectivity index (χ0n) is 8.80. The summed E-state index contributed by atoms with van der Waals surface area (Å²) in [7, 11) is 0. The van der Waals surface area contributed by atoms with Gasteiger partial charge in [-0.1, -0.05) is 12.8 Å². The Hall–Kier alpha value is -0.240. The van der Waals surface area contributed by atoms with Gasteiger partial charge in [0.2, 0.25) is 5.91 Å². The fourth-order valence-electron chi connectivity index (χ4n) is 1.85. The first-order valence-corrected chi connectivity index (χ1v) is 6.22. The van der Waals surface area contributed by atoms with Crippen molar-refractivity contribution in [2.45, 2.75) is 44.9 Å². The standard InChI is InChI=1S/C11H20ClNO/c12-8-4-3-7-11(14)13-9-5-1-2-6-10-13/h1-10H2. The summed E-state index contributed by atoms with van der Waals surface area (Å²) >= 11 is 5.57. The van der Waals surface area contributed by atoms with Gasteiger partial charge in [-0.05, 0) is 25.7 Å². The van der Waals surface area contributed by atoms with Gasteiger partial charge < -0.3 is 4.90 Å². The van der Waals surface area contributed by atoms with Crippen molar-refractivity contribution >= 4 is 17.5 Å². The molecule has 0 N–H and O–H groups in total. The molecular weight excluding hydrogens is 198 g/mol. The Bertz CT molecular complexity index is 165. The van der Waals surface area contributed by atoms with Gasteiger partial charge in [0.05, 0.1) is 0 Å². The van der Waals surface area contributed by atoms with E-state index in [1.807, 2.05) is 4.90 Å². The smallest absolute Gasteiger partial charge is 0.222 e. The number of hydrogen-bond acceptors (Lipinski definition) is 1. The normalized spacial score (nSPS) is 17.9. The van der Waals surface area contributed by atoms with Crippen LogP contribution in [0.1, 0.15) is 44.9 Å². The highest BCUT2D eigenvalue weighted by Gasteiger charge is 2.14. The highest BCUT2D eigenvalue weighted by Crippen LogP contribution is 2.11. The highest BCUT2D eigenvalue weighted by atomic mass is 35.5. The number of alkyl halides is 1. The van der Waals surface area contributed by atoms with Gasteiger partial charge in [-0.3, -0.25) is 4.79 Å². The zero-order chi connectivity index (χ0) is 10.2. The molecule has 0 atom stereocenters. The van der Waals surface area contributed by atoms with Crippen LogP contribution in [0.4, 0.5) is 0 Å². The fourth-order valence-corrected chi connectivity index (χ4v) is 2.04. The molecule has 1 aliphatic heterocycles. The molecule has 1 fully saturated rings. The second-order valence-corrected chi connectivity index (χ2v) is 4.32. The van der Waals surface area contributed by atoms with Crippen molar-refractivity contribution in [2.75, 3.05) is 19.0 Å². The first-order valence-electron chi connectivity index (χ1n) is 5.68. The van der Waals surface area contributed by atoms with E-state index in [0.717, 1.165) is 25.9 Å². The van der Waals surface area contributed by atoms with Crippen LogP contribution in [0.3, 0.4) is 0 Å². The van der Waals surface area contributed by atoms with Crippen molar-refractivity contribution < 1.29 is 4.79 Å². The number of carbonyl (C=O) groups is 1. The minimum atomic E-state index is 0.331. The molecule has 0 radical (unpaired) electrons. The average Bonchev–Trinajstić information content (AvgIpc) is 2.46. The molecular formula is C11H20ClNO. The molecule has 0 unspecified atom stereocenters. The largest absolute Gasteiger partial charge is 0.343 e. The number of carbonyl (C=O) groups excluding carboxylic acids is 1. The van der Waals surface area contributed by atoms with Gasteiger partial charge in [0, 0.05) is 25.4 Å². The third kappa shape index (κ3) is 4.32. The minimum Gasteiger partial charge on any atom is -0.343 e. The number of amides is 1. The molecule has 0 aromatic rings. The maximum absolute atomic E-state index is 11.7. The molecule has 3 heteroatoms. The average molecular weight is 218 g/mol. The van der Waals surface area contributed by atoms with Crippen LogP contribution in [0.25, 0.3) is 0 Å². The van der Waals surface area contributed by atoms with Gasteiger partial charge in [0.25, 0.3) is 0 Å². The van der Waals surface area contributed by atoms with Crippen molar-refractivity contribution in [3.63, 3.8) is 0 Å². The van der Waals surface area contributed by atoms with Gasteiger partial charge in [0.1, 0.15) is 0 Å². The first kappa shape index (κ1) is 11.8. The highest BCUT2D eigenvalue weighted by molar-refractivity contribution is 6.17. The van der Waals surface area contributed by atoms with E-state index in [1.165, 1.54) is 25.7 Å². The lowest BCUT2D eigenvalue weighted by Gasteiger charge is -2.19. The van der Waals surface area contributed by atoms with Crippen LogP contribution in [-0.2, 0) is 4.79 Å². The second kappa shape index (κ2) is 7.10. The number of hydrogen-bond donors (Lipinski definition) is 0. The second-order valence-electron chi connectivity index (χ2n) is 3.94. The predicted molar refractivity (Wildman–Crippen MR) is 59.6 cm³/mol. The lowest BCUT2D eigenvalue weighted by atomic mass is 10.2. The number of nitrogens with zero attached hydrogens (tertiary/aromatic N) is 1. The molecule has 1 saturated heterocycles. The summed E-state index contributed by atoms with van der Waals surface area (Å²) < 4.78 is 0. The zero-order valence-corrected chi connectivity index (χ0v) is 9.56. The summed E-state index contributed by atoms with van der Waals surface area (Å²) in [5.74, 6) is 1.00. The molecule has 0 spiro atoms. The van der Waals surface area contributed by atoms with Gasteiger partial charge in [0.15, 0.2) is 0 Å². The molecule has 0 saturated carbocycles. The molecule has 0 aromatic heterocycles.